The maximum Gasteiger partial charge on any atom is 0.242 e. The summed E-state index contributed by atoms with van der Waals surface area (Å²) in [6.07, 6.45) is 2.41. The van der Waals surface area contributed by atoms with Gasteiger partial charge < -0.3 is 10.2 Å². The van der Waals surface area contributed by atoms with E-state index in [9.17, 15) is 9.59 Å². The van der Waals surface area contributed by atoms with Gasteiger partial charge in [0.2, 0.25) is 11.8 Å². The van der Waals surface area contributed by atoms with Crippen molar-refractivity contribution >= 4 is 58.4 Å². The van der Waals surface area contributed by atoms with Crippen LogP contribution in [0, 0.1) is 0 Å². The van der Waals surface area contributed by atoms with E-state index >= 15 is 0 Å². The van der Waals surface area contributed by atoms with Crippen LogP contribution in [-0.4, -0.2) is 35.1 Å². The van der Waals surface area contributed by atoms with Crippen LogP contribution >= 0.6 is 46.6 Å². The highest BCUT2D eigenvalue weighted by Crippen LogP contribution is 2.25. The molecule has 174 valence electrons. The maximum absolute atomic E-state index is 13.2. The van der Waals surface area contributed by atoms with Crippen LogP contribution in [0.2, 0.25) is 15.1 Å². The molecule has 8 heteroatoms. The van der Waals surface area contributed by atoms with Gasteiger partial charge in [0.1, 0.15) is 6.04 Å². The number of amides is 2. The van der Waals surface area contributed by atoms with E-state index in [-0.39, 0.29) is 24.1 Å². The summed E-state index contributed by atoms with van der Waals surface area (Å²) in [5, 5.41) is 4.54. The second-order valence-corrected chi connectivity index (χ2v) is 9.63. The molecule has 0 fully saturated rings. The highest BCUT2D eigenvalue weighted by Gasteiger charge is 2.28. The van der Waals surface area contributed by atoms with Gasteiger partial charge in [0.05, 0.1) is 15.8 Å². The van der Waals surface area contributed by atoms with Crippen molar-refractivity contribution in [3.8, 4) is 0 Å². The van der Waals surface area contributed by atoms with Crippen molar-refractivity contribution in [2.45, 2.75) is 51.4 Å². The number of rotatable bonds is 12. The average molecular weight is 516 g/mol. The molecule has 0 radical (unpaired) electrons. The molecule has 0 heterocycles. The molecule has 1 atom stereocenters. The Balaban J connectivity index is 2.12. The molecule has 0 aromatic heterocycles. The molecule has 0 bridgehead atoms. The second kappa shape index (κ2) is 14.0. The number of halogens is 3. The lowest BCUT2D eigenvalue weighted by molar-refractivity contribution is -0.139. The topological polar surface area (TPSA) is 49.4 Å². The van der Waals surface area contributed by atoms with E-state index in [4.69, 9.17) is 34.8 Å². The lowest BCUT2D eigenvalue weighted by Gasteiger charge is -2.31. The van der Waals surface area contributed by atoms with E-state index in [0.717, 1.165) is 24.0 Å². The Kier molecular flexibility index (Phi) is 11.7. The summed E-state index contributed by atoms with van der Waals surface area (Å²) in [4.78, 5) is 27.7. The fraction of sp³-hybridized carbons (Fsp3) is 0.417. The normalized spacial score (nSPS) is 11.8. The summed E-state index contributed by atoms with van der Waals surface area (Å²) in [6, 6.07) is 12.3. The van der Waals surface area contributed by atoms with Gasteiger partial charge >= 0.3 is 0 Å². The van der Waals surface area contributed by atoms with Gasteiger partial charge in [-0.15, -0.1) is 11.8 Å². The number of thioether (sulfide) groups is 1. The summed E-state index contributed by atoms with van der Waals surface area (Å²) >= 11 is 19.9. The van der Waals surface area contributed by atoms with E-state index in [1.54, 1.807) is 23.1 Å². The second-order valence-electron chi connectivity index (χ2n) is 7.42. The molecule has 1 N–H and O–H groups in total. The van der Waals surface area contributed by atoms with Gasteiger partial charge in [-0.05, 0) is 42.2 Å². The molecule has 0 saturated carbocycles. The molecular formula is C24H29Cl3N2O2S. The number of nitrogens with one attached hydrogen (secondary N) is 1. The van der Waals surface area contributed by atoms with Crippen molar-refractivity contribution in [1.29, 1.82) is 0 Å². The van der Waals surface area contributed by atoms with E-state index in [0.29, 0.717) is 33.8 Å². The molecule has 0 unspecified atom stereocenters. The van der Waals surface area contributed by atoms with Crippen molar-refractivity contribution in [2.75, 3.05) is 12.3 Å². The number of benzene rings is 2. The SMILES string of the molecule is CCCCNC(=O)[C@H](CC)N(Cc1ccccc1Cl)C(=O)CSCc1ccc(Cl)c(Cl)c1. The Labute approximate surface area is 210 Å². The third-order valence-corrected chi connectivity index (χ3v) is 7.09. The van der Waals surface area contributed by atoms with E-state index in [1.165, 1.54) is 11.8 Å². The maximum atomic E-state index is 13.2. The average Bonchev–Trinajstić information content (AvgIpc) is 2.77. The minimum absolute atomic E-state index is 0.104. The predicted octanol–water partition coefficient (Wildman–Crippen LogP) is 6.60. The van der Waals surface area contributed by atoms with Gasteiger partial charge in [0.15, 0.2) is 0 Å². The standard InChI is InChI=1S/C24H29Cl3N2O2S/c1-3-5-12-28-24(31)22(4-2)29(14-18-8-6-7-9-19(18)25)23(30)16-32-15-17-10-11-20(26)21(27)13-17/h6-11,13,22H,3-5,12,14-16H2,1-2H3,(H,28,31)/t22-/m0/s1. The molecule has 0 aliphatic carbocycles. The number of carbonyl (C=O) groups excluding carboxylic acids is 2. The minimum Gasteiger partial charge on any atom is -0.354 e. The first-order valence-electron chi connectivity index (χ1n) is 10.7. The molecule has 0 spiro atoms. The number of hydrogen-bond donors (Lipinski definition) is 1. The van der Waals surface area contributed by atoms with Crippen LogP contribution < -0.4 is 5.32 Å². The molecule has 2 aromatic carbocycles. The number of hydrogen-bond acceptors (Lipinski definition) is 3. The first kappa shape index (κ1) is 26.8. The highest BCUT2D eigenvalue weighted by atomic mass is 35.5. The van der Waals surface area contributed by atoms with Crippen molar-refractivity contribution in [1.82, 2.24) is 10.2 Å². The smallest absolute Gasteiger partial charge is 0.242 e. The summed E-state index contributed by atoms with van der Waals surface area (Å²) in [7, 11) is 0. The molecule has 4 nitrogen and oxygen atoms in total. The van der Waals surface area contributed by atoms with Gasteiger partial charge in [-0.25, -0.2) is 0 Å². The zero-order valence-electron chi connectivity index (χ0n) is 18.4. The Morgan fingerprint density at radius 2 is 1.78 bits per heavy atom. The number of carbonyl (C=O) groups is 2. The summed E-state index contributed by atoms with van der Waals surface area (Å²) in [6.45, 7) is 4.87. The lowest BCUT2D eigenvalue weighted by atomic mass is 10.1. The van der Waals surface area contributed by atoms with Crippen LogP contribution in [0.25, 0.3) is 0 Å². The molecule has 0 saturated heterocycles. The first-order chi connectivity index (χ1) is 15.4. The van der Waals surface area contributed by atoms with Crippen LogP contribution in [0.4, 0.5) is 0 Å². The van der Waals surface area contributed by atoms with Crippen LogP contribution in [0.5, 0.6) is 0 Å². The molecule has 2 aromatic rings. The van der Waals surface area contributed by atoms with Gasteiger partial charge in [0, 0.05) is 23.9 Å². The van der Waals surface area contributed by atoms with E-state index < -0.39 is 6.04 Å². The number of unbranched alkanes of at least 4 members (excludes halogenated alkanes) is 1. The summed E-state index contributed by atoms with van der Waals surface area (Å²) in [5.74, 6) is 0.620. The van der Waals surface area contributed by atoms with Crippen LogP contribution in [0.3, 0.4) is 0 Å². The highest BCUT2D eigenvalue weighted by molar-refractivity contribution is 7.99. The number of nitrogens with zero attached hydrogens (tertiary/aromatic N) is 1. The molecule has 2 amide bonds. The van der Waals surface area contributed by atoms with E-state index in [1.807, 2.05) is 31.2 Å². The Morgan fingerprint density at radius 3 is 2.44 bits per heavy atom. The third-order valence-electron chi connectivity index (χ3n) is 4.99. The van der Waals surface area contributed by atoms with E-state index in [2.05, 4.69) is 12.2 Å². The lowest BCUT2D eigenvalue weighted by Crippen LogP contribution is -2.49. The third kappa shape index (κ3) is 8.18. The Hall–Kier alpha value is -1.40. The largest absolute Gasteiger partial charge is 0.354 e. The Morgan fingerprint density at radius 1 is 1.03 bits per heavy atom. The minimum atomic E-state index is -0.554. The predicted molar refractivity (Wildman–Crippen MR) is 137 cm³/mol. The van der Waals surface area contributed by atoms with Crippen molar-refractivity contribution in [2.24, 2.45) is 0 Å². The van der Waals surface area contributed by atoms with Crippen LogP contribution in [0.15, 0.2) is 42.5 Å². The van der Waals surface area contributed by atoms with Crippen molar-refractivity contribution in [3.05, 3.63) is 68.7 Å². The summed E-state index contributed by atoms with van der Waals surface area (Å²) < 4.78 is 0. The molecule has 0 aliphatic heterocycles. The molecule has 2 rings (SSSR count). The zero-order valence-corrected chi connectivity index (χ0v) is 21.5. The molecular weight excluding hydrogens is 487 g/mol. The quantitative estimate of drug-likeness (QED) is 0.324. The summed E-state index contributed by atoms with van der Waals surface area (Å²) in [5.41, 5.74) is 1.80. The van der Waals surface area contributed by atoms with Crippen LogP contribution in [-0.2, 0) is 21.9 Å². The van der Waals surface area contributed by atoms with Crippen molar-refractivity contribution in [3.63, 3.8) is 0 Å². The fourth-order valence-corrected chi connectivity index (χ4v) is 4.58. The van der Waals surface area contributed by atoms with Crippen molar-refractivity contribution < 1.29 is 9.59 Å². The van der Waals surface area contributed by atoms with Gasteiger partial charge in [0.25, 0.3) is 0 Å². The van der Waals surface area contributed by atoms with Gasteiger partial charge in [-0.3, -0.25) is 9.59 Å². The fourth-order valence-electron chi connectivity index (χ4n) is 3.20. The van der Waals surface area contributed by atoms with Crippen LogP contribution in [0.1, 0.15) is 44.2 Å². The van der Waals surface area contributed by atoms with Gasteiger partial charge in [-0.2, -0.15) is 0 Å². The first-order valence-corrected chi connectivity index (χ1v) is 13.0. The zero-order chi connectivity index (χ0) is 23.5. The van der Waals surface area contributed by atoms with Gasteiger partial charge in [-0.1, -0.05) is 79.3 Å². The molecule has 32 heavy (non-hydrogen) atoms. The monoisotopic (exact) mass is 514 g/mol. The molecule has 0 aliphatic rings. The Bertz CT molecular complexity index is 911.